The first-order chi connectivity index (χ1) is 4.85. The molecule has 0 heterocycles. The molecule has 0 aliphatic rings. The Balaban J connectivity index is 3.21. The minimum atomic E-state index is 0.893. The van der Waals surface area contributed by atoms with E-state index in [0.29, 0.717) is 0 Å². The lowest BCUT2D eigenvalue weighted by Crippen LogP contribution is -1.98. The normalized spacial score (nSPS) is 13.5. The summed E-state index contributed by atoms with van der Waals surface area (Å²) in [6.45, 7) is 6.72. The summed E-state index contributed by atoms with van der Waals surface area (Å²) < 4.78 is 0. The highest BCUT2D eigenvalue weighted by atomic mass is 14.1. The van der Waals surface area contributed by atoms with Gasteiger partial charge in [0.05, 0.1) is 0 Å². The fourth-order valence-corrected chi connectivity index (χ4v) is 1.31. The Hall–Kier alpha value is 0. The van der Waals surface area contributed by atoms with Crippen LogP contribution in [0, 0.1) is 12.3 Å². The minimum Gasteiger partial charge on any atom is -0.0654 e. The quantitative estimate of drug-likeness (QED) is 0.527. The second kappa shape index (κ2) is 7.11. The van der Waals surface area contributed by atoms with Gasteiger partial charge in [-0.15, -0.1) is 0 Å². The molecule has 1 unspecified atom stereocenters. The fraction of sp³-hybridized carbons (Fsp3) is 0.900. The molecule has 0 saturated heterocycles. The summed E-state index contributed by atoms with van der Waals surface area (Å²) in [4.78, 5) is 0. The van der Waals surface area contributed by atoms with Crippen LogP contribution in [-0.2, 0) is 0 Å². The molecule has 61 valence electrons. The van der Waals surface area contributed by atoms with Crippen molar-refractivity contribution in [2.75, 3.05) is 0 Å². The van der Waals surface area contributed by atoms with Crippen molar-refractivity contribution in [3.8, 4) is 0 Å². The zero-order chi connectivity index (χ0) is 7.82. The van der Waals surface area contributed by atoms with Gasteiger partial charge < -0.3 is 0 Å². The standard InChI is InChI=1S/C10H21/c1-4-7-9-10(6-3)8-5-2/h6,10H,4-5,7-9H2,1-3H3. The van der Waals surface area contributed by atoms with Gasteiger partial charge in [-0.3, -0.25) is 0 Å². The maximum absolute atomic E-state index is 2.36. The van der Waals surface area contributed by atoms with Gasteiger partial charge in [-0.2, -0.15) is 0 Å². The highest BCUT2D eigenvalue weighted by Gasteiger charge is 2.02. The van der Waals surface area contributed by atoms with Gasteiger partial charge in [0.15, 0.2) is 0 Å². The van der Waals surface area contributed by atoms with Crippen molar-refractivity contribution in [3.05, 3.63) is 6.42 Å². The van der Waals surface area contributed by atoms with Crippen LogP contribution in [0.4, 0.5) is 0 Å². The summed E-state index contributed by atoms with van der Waals surface area (Å²) in [5, 5.41) is 0. The number of unbranched alkanes of at least 4 members (excludes halogenated alkanes) is 1. The molecule has 0 heteroatoms. The molecule has 0 aliphatic heterocycles. The van der Waals surface area contributed by atoms with Gasteiger partial charge in [0, 0.05) is 0 Å². The van der Waals surface area contributed by atoms with Crippen molar-refractivity contribution in [1.82, 2.24) is 0 Å². The number of rotatable bonds is 6. The summed E-state index contributed by atoms with van der Waals surface area (Å²) in [5.41, 5.74) is 0. The van der Waals surface area contributed by atoms with E-state index < -0.39 is 0 Å². The van der Waals surface area contributed by atoms with E-state index in [1.165, 1.54) is 32.1 Å². The van der Waals surface area contributed by atoms with E-state index >= 15 is 0 Å². The van der Waals surface area contributed by atoms with Crippen molar-refractivity contribution in [3.63, 3.8) is 0 Å². The Kier molecular flexibility index (Phi) is 7.11. The third kappa shape index (κ3) is 4.84. The first kappa shape index (κ1) is 10.0. The predicted molar refractivity (Wildman–Crippen MR) is 47.9 cm³/mol. The molecule has 0 rings (SSSR count). The third-order valence-electron chi connectivity index (χ3n) is 2.06. The molecule has 0 aromatic heterocycles. The summed E-state index contributed by atoms with van der Waals surface area (Å²) in [7, 11) is 0. The van der Waals surface area contributed by atoms with Crippen molar-refractivity contribution >= 4 is 0 Å². The topological polar surface area (TPSA) is 0 Å². The Morgan fingerprint density at radius 1 is 1.10 bits per heavy atom. The largest absolute Gasteiger partial charge is 0.0654 e. The number of hydrogen-bond acceptors (Lipinski definition) is 0. The van der Waals surface area contributed by atoms with Crippen molar-refractivity contribution in [2.24, 2.45) is 5.92 Å². The lowest BCUT2D eigenvalue weighted by atomic mass is 9.95. The van der Waals surface area contributed by atoms with E-state index in [1.807, 2.05) is 0 Å². The van der Waals surface area contributed by atoms with Gasteiger partial charge in [0.2, 0.25) is 0 Å². The molecule has 0 saturated carbocycles. The van der Waals surface area contributed by atoms with Crippen molar-refractivity contribution in [2.45, 2.75) is 52.9 Å². The van der Waals surface area contributed by atoms with Crippen LogP contribution in [0.15, 0.2) is 0 Å². The second-order valence-electron chi connectivity index (χ2n) is 3.02. The minimum absolute atomic E-state index is 0.893. The van der Waals surface area contributed by atoms with E-state index in [2.05, 4.69) is 27.2 Å². The summed E-state index contributed by atoms with van der Waals surface area (Å²) in [6, 6.07) is 0. The Labute approximate surface area is 66.0 Å². The van der Waals surface area contributed by atoms with Crippen LogP contribution >= 0.6 is 0 Å². The fourth-order valence-electron chi connectivity index (χ4n) is 1.31. The van der Waals surface area contributed by atoms with Crippen LogP contribution in [-0.4, -0.2) is 0 Å². The maximum atomic E-state index is 2.36. The predicted octanol–water partition coefficient (Wildman–Crippen LogP) is 3.82. The molecule has 0 spiro atoms. The van der Waals surface area contributed by atoms with E-state index in [0.717, 1.165) is 5.92 Å². The molecule has 0 aliphatic carbocycles. The average Bonchev–Trinajstić information content (AvgIpc) is 1.98. The first-order valence-corrected chi connectivity index (χ1v) is 4.64. The van der Waals surface area contributed by atoms with Crippen LogP contribution in [0.5, 0.6) is 0 Å². The molecular weight excluding hydrogens is 120 g/mol. The van der Waals surface area contributed by atoms with Crippen LogP contribution in [0.3, 0.4) is 0 Å². The third-order valence-corrected chi connectivity index (χ3v) is 2.06. The van der Waals surface area contributed by atoms with Crippen molar-refractivity contribution in [1.29, 1.82) is 0 Å². The van der Waals surface area contributed by atoms with E-state index in [1.54, 1.807) is 0 Å². The summed E-state index contributed by atoms with van der Waals surface area (Å²) in [6.07, 6.45) is 9.22. The van der Waals surface area contributed by atoms with Crippen LogP contribution < -0.4 is 0 Å². The highest BCUT2D eigenvalue weighted by molar-refractivity contribution is 4.70. The van der Waals surface area contributed by atoms with Gasteiger partial charge in [-0.05, 0) is 12.3 Å². The smallest absolute Gasteiger partial charge is 0.0386 e. The molecule has 0 nitrogen and oxygen atoms in total. The first-order valence-electron chi connectivity index (χ1n) is 4.64. The van der Waals surface area contributed by atoms with Gasteiger partial charge in [0.25, 0.3) is 0 Å². The summed E-state index contributed by atoms with van der Waals surface area (Å²) >= 11 is 0. The molecule has 0 N–H and O–H groups in total. The Morgan fingerprint density at radius 3 is 2.20 bits per heavy atom. The number of hydrogen-bond donors (Lipinski definition) is 0. The average molecular weight is 141 g/mol. The molecular formula is C10H21. The molecule has 1 atom stereocenters. The van der Waals surface area contributed by atoms with Gasteiger partial charge >= 0.3 is 0 Å². The molecule has 0 fully saturated rings. The van der Waals surface area contributed by atoms with Crippen LogP contribution in [0.25, 0.3) is 0 Å². The van der Waals surface area contributed by atoms with Crippen LogP contribution in [0.2, 0.25) is 0 Å². The molecule has 10 heavy (non-hydrogen) atoms. The molecule has 1 radical (unpaired) electrons. The molecule has 0 bridgehead atoms. The zero-order valence-corrected chi connectivity index (χ0v) is 7.69. The molecule has 0 aromatic carbocycles. The monoisotopic (exact) mass is 141 g/mol. The van der Waals surface area contributed by atoms with Crippen molar-refractivity contribution < 1.29 is 0 Å². The maximum Gasteiger partial charge on any atom is -0.0386 e. The Bertz CT molecular complexity index is 57.1. The lowest BCUT2D eigenvalue weighted by Gasteiger charge is -2.11. The van der Waals surface area contributed by atoms with E-state index in [9.17, 15) is 0 Å². The van der Waals surface area contributed by atoms with Crippen LogP contribution in [0.1, 0.15) is 52.9 Å². The lowest BCUT2D eigenvalue weighted by molar-refractivity contribution is 0.484. The summed E-state index contributed by atoms with van der Waals surface area (Å²) in [5.74, 6) is 0.893. The van der Waals surface area contributed by atoms with E-state index in [-0.39, 0.29) is 0 Å². The molecule has 0 aromatic rings. The zero-order valence-electron chi connectivity index (χ0n) is 7.69. The van der Waals surface area contributed by atoms with Gasteiger partial charge in [0.1, 0.15) is 0 Å². The SMILES string of the molecule is C[CH]C(CCC)CCCC. The van der Waals surface area contributed by atoms with E-state index in [4.69, 9.17) is 0 Å². The Morgan fingerprint density at radius 2 is 1.80 bits per heavy atom. The van der Waals surface area contributed by atoms with Gasteiger partial charge in [-0.25, -0.2) is 0 Å². The molecule has 0 amide bonds. The second-order valence-corrected chi connectivity index (χ2v) is 3.02. The highest BCUT2D eigenvalue weighted by Crippen LogP contribution is 2.16. The van der Waals surface area contributed by atoms with Gasteiger partial charge in [-0.1, -0.05) is 52.9 Å².